The number of fused-ring (bicyclic) bond motifs is 1. The summed E-state index contributed by atoms with van der Waals surface area (Å²) in [6.45, 7) is 6.33. The molecule has 1 atom stereocenters. The average molecular weight is 315 g/mol. The predicted molar refractivity (Wildman–Crippen MR) is 86.4 cm³/mol. The van der Waals surface area contributed by atoms with E-state index < -0.39 is 11.4 Å². The summed E-state index contributed by atoms with van der Waals surface area (Å²) in [6.07, 6.45) is 0.477. The van der Waals surface area contributed by atoms with Crippen molar-refractivity contribution in [1.29, 1.82) is 0 Å². The number of rotatable bonds is 3. The van der Waals surface area contributed by atoms with Crippen molar-refractivity contribution in [2.75, 3.05) is 13.1 Å². The van der Waals surface area contributed by atoms with Gasteiger partial charge in [-0.2, -0.15) is 0 Å². The van der Waals surface area contributed by atoms with Crippen molar-refractivity contribution in [3.05, 3.63) is 35.6 Å². The van der Waals surface area contributed by atoms with Gasteiger partial charge >= 0.3 is 5.97 Å². The van der Waals surface area contributed by atoms with Crippen LogP contribution in [0.2, 0.25) is 0 Å². The van der Waals surface area contributed by atoms with Crippen LogP contribution in [0.25, 0.3) is 11.0 Å². The molecule has 1 aliphatic rings. The van der Waals surface area contributed by atoms with Crippen molar-refractivity contribution in [3.8, 4) is 0 Å². The standard InChI is InChI=1S/C18H21NO4/c1-11(2)18(17(21)22)8-9-19(10-18)16(20)15-12(3)13-6-4-5-7-14(13)23-15/h4-7,11H,8-10H2,1-3H3,(H,21,22). The molecule has 1 amide bonds. The maximum absolute atomic E-state index is 12.8. The van der Waals surface area contributed by atoms with E-state index in [-0.39, 0.29) is 18.4 Å². The summed E-state index contributed by atoms with van der Waals surface area (Å²) in [5.41, 5.74) is 0.624. The van der Waals surface area contributed by atoms with Crippen molar-refractivity contribution < 1.29 is 19.1 Å². The number of benzene rings is 1. The zero-order valence-corrected chi connectivity index (χ0v) is 13.6. The van der Waals surface area contributed by atoms with E-state index in [4.69, 9.17) is 4.42 Å². The average Bonchev–Trinajstić information content (AvgIpc) is 3.10. The number of furan rings is 1. The number of amides is 1. The minimum absolute atomic E-state index is 0.0328. The van der Waals surface area contributed by atoms with Gasteiger partial charge in [-0.05, 0) is 25.3 Å². The minimum atomic E-state index is -0.865. The van der Waals surface area contributed by atoms with Gasteiger partial charge in [-0.25, -0.2) is 0 Å². The molecule has 0 aliphatic carbocycles. The molecule has 3 rings (SSSR count). The van der Waals surface area contributed by atoms with Crippen LogP contribution in [-0.2, 0) is 4.79 Å². The second kappa shape index (κ2) is 5.41. The molecule has 1 N–H and O–H groups in total. The molecule has 2 aromatic rings. The number of hydrogen-bond donors (Lipinski definition) is 1. The van der Waals surface area contributed by atoms with E-state index in [2.05, 4.69) is 0 Å². The highest BCUT2D eigenvalue weighted by Crippen LogP contribution is 2.39. The Morgan fingerprint density at radius 3 is 2.57 bits per heavy atom. The fourth-order valence-corrected chi connectivity index (χ4v) is 3.42. The molecule has 5 heteroatoms. The second-order valence-electron chi connectivity index (χ2n) is 6.65. The van der Waals surface area contributed by atoms with Gasteiger partial charge in [0.2, 0.25) is 0 Å². The fraction of sp³-hybridized carbons (Fsp3) is 0.444. The lowest BCUT2D eigenvalue weighted by atomic mass is 9.76. The first-order chi connectivity index (χ1) is 10.9. The highest BCUT2D eigenvalue weighted by Gasteiger charge is 2.49. The van der Waals surface area contributed by atoms with Gasteiger partial charge in [0, 0.05) is 24.0 Å². The molecule has 0 spiro atoms. The molecule has 2 heterocycles. The van der Waals surface area contributed by atoms with Crippen LogP contribution in [0.1, 0.15) is 36.4 Å². The van der Waals surface area contributed by atoms with Crippen molar-refractivity contribution in [2.24, 2.45) is 11.3 Å². The normalized spacial score (nSPS) is 21.3. The van der Waals surface area contributed by atoms with E-state index in [1.165, 1.54) is 0 Å². The summed E-state index contributed by atoms with van der Waals surface area (Å²) in [7, 11) is 0. The van der Waals surface area contributed by atoms with Crippen LogP contribution in [-0.4, -0.2) is 35.0 Å². The van der Waals surface area contributed by atoms with Crippen LogP contribution in [0.3, 0.4) is 0 Å². The smallest absolute Gasteiger partial charge is 0.311 e. The Labute approximate surface area is 134 Å². The van der Waals surface area contributed by atoms with Crippen LogP contribution >= 0.6 is 0 Å². The zero-order chi connectivity index (χ0) is 16.8. The fourth-order valence-electron chi connectivity index (χ4n) is 3.42. The number of carboxylic acid groups (broad SMARTS) is 1. The van der Waals surface area contributed by atoms with Gasteiger partial charge in [0.1, 0.15) is 5.58 Å². The van der Waals surface area contributed by atoms with Gasteiger partial charge in [-0.3, -0.25) is 9.59 Å². The quantitative estimate of drug-likeness (QED) is 0.943. The summed E-state index contributed by atoms with van der Waals surface area (Å²) in [5, 5.41) is 10.5. The molecule has 1 aliphatic heterocycles. The topological polar surface area (TPSA) is 70.8 Å². The maximum atomic E-state index is 12.8. The lowest BCUT2D eigenvalue weighted by Crippen LogP contribution is -2.40. The molecule has 1 aromatic heterocycles. The summed E-state index contributed by atoms with van der Waals surface area (Å²) in [6, 6.07) is 7.52. The summed E-state index contributed by atoms with van der Waals surface area (Å²) < 4.78 is 5.72. The molecule has 0 radical (unpaired) electrons. The van der Waals surface area contributed by atoms with Gasteiger partial charge < -0.3 is 14.4 Å². The van der Waals surface area contributed by atoms with Crippen molar-refractivity contribution in [3.63, 3.8) is 0 Å². The first-order valence-electron chi connectivity index (χ1n) is 7.87. The van der Waals surface area contributed by atoms with Crippen molar-refractivity contribution in [2.45, 2.75) is 27.2 Å². The van der Waals surface area contributed by atoms with Crippen LogP contribution in [0, 0.1) is 18.3 Å². The summed E-state index contributed by atoms with van der Waals surface area (Å²) in [4.78, 5) is 26.1. The Hall–Kier alpha value is -2.30. The SMILES string of the molecule is Cc1c(C(=O)N2CCC(C(=O)O)(C(C)C)C2)oc2ccccc12. The molecule has 122 valence electrons. The predicted octanol–water partition coefficient (Wildman–Crippen LogP) is 3.31. The third-order valence-electron chi connectivity index (χ3n) is 5.16. The van der Waals surface area contributed by atoms with E-state index >= 15 is 0 Å². The Morgan fingerprint density at radius 1 is 1.30 bits per heavy atom. The molecule has 0 saturated carbocycles. The number of hydrogen-bond acceptors (Lipinski definition) is 3. The van der Waals surface area contributed by atoms with Gasteiger partial charge in [0.25, 0.3) is 5.91 Å². The van der Waals surface area contributed by atoms with Crippen LogP contribution in [0.5, 0.6) is 0 Å². The molecule has 23 heavy (non-hydrogen) atoms. The largest absolute Gasteiger partial charge is 0.481 e. The monoisotopic (exact) mass is 315 g/mol. The molecular weight excluding hydrogens is 294 g/mol. The van der Waals surface area contributed by atoms with E-state index in [1.807, 2.05) is 45.0 Å². The first kappa shape index (κ1) is 15.6. The van der Waals surface area contributed by atoms with Crippen molar-refractivity contribution in [1.82, 2.24) is 4.90 Å². The van der Waals surface area contributed by atoms with Gasteiger partial charge in [-0.15, -0.1) is 0 Å². The lowest BCUT2D eigenvalue weighted by Gasteiger charge is -2.28. The molecule has 1 saturated heterocycles. The number of carbonyl (C=O) groups is 2. The van der Waals surface area contributed by atoms with Crippen LogP contribution in [0.15, 0.2) is 28.7 Å². The number of carboxylic acids is 1. The summed E-state index contributed by atoms with van der Waals surface area (Å²) >= 11 is 0. The third-order valence-corrected chi connectivity index (χ3v) is 5.16. The van der Waals surface area contributed by atoms with E-state index in [0.717, 1.165) is 10.9 Å². The Morgan fingerprint density at radius 2 is 2.00 bits per heavy atom. The lowest BCUT2D eigenvalue weighted by molar-refractivity contribution is -0.150. The minimum Gasteiger partial charge on any atom is -0.481 e. The number of aliphatic carboxylic acids is 1. The van der Waals surface area contributed by atoms with Gasteiger partial charge in [0.05, 0.1) is 5.41 Å². The number of likely N-dealkylation sites (tertiary alicyclic amines) is 1. The second-order valence-corrected chi connectivity index (χ2v) is 6.65. The Balaban J connectivity index is 1.92. The summed E-state index contributed by atoms with van der Waals surface area (Å²) in [5.74, 6) is -0.766. The highest BCUT2D eigenvalue weighted by molar-refractivity contribution is 5.99. The zero-order valence-electron chi connectivity index (χ0n) is 13.6. The number of nitrogens with zero attached hydrogens (tertiary/aromatic N) is 1. The van der Waals surface area contributed by atoms with Crippen LogP contribution < -0.4 is 0 Å². The maximum Gasteiger partial charge on any atom is 0.311 e. The third kappa shape index (κ3) is 2.31. The number of para-hydroxylation sites is 1. The molecule has 5 nitrogen and oxygen atoms in total. The van der Waals surface area contributed by atoms with Gasteiger partial charge in [0.15, 0.2) is 5.76 Å². The van der Waals surface area contributed by atoms with E-state index in [0.29, 0.717) is 24.3 Å². The van der Waals surface area contributed by atoms with E-state index in [1.54, 1.807) is 4.90 Å². The highest BCUT2D eigenvalue weighted by atomic mass is 16.4. The molecule has 1 aromatic carbocycles. The molecular formula is C18H21NO4. The number of aryl methyl sites for hydroxylation is 1. The molecule has 1 fully saturated rings. The Bertz CT molecular complexity index is 776. The molecule has 1 unspecified atom stereocenters. The first-order valence-corrected chi connectivity index (χ1v) is 7.87. The van der Waals surface area contributed by atoms with E-state index in [9.17, 15) is 14.7 Å². The number of carbonyl (C=O) groups excluding carboxylic acids is 1. The van der Waals surface area contributed by atoms with Gasteiger partial charge in [-0.1, -0.05) is 32.0 Å². The Kier molecular flexibility index (Phi) is 3.66. The van der Waals surface area contributed by atoms with Crippen LogP contribution in [0.4, 0.5) is 0 Å². The molecule has 0 bridgehead atoms. The van der Waals surface area contributed by atoms with Crippen molar-refractivity contribution >= 4 is 22.8 Å².